The number of ether oxygens (including phenoxy) is 1. The van der Waals surface area contributed by atoms with Crippen molar-refractivity contribution in [3.8, 4) is 0 Å². The minimum absolute atomic E-state index is 0.0413. The minimum atomic E-state index is -1.09. The Balaban J connectivity index is 2.17. The molecule has 3 heterocycles. The summed E-state index contributed by atoms with van der Waals surface area (Å²) < 4.78 is 7.01. The maximum atomic E-state index is 11.0. The summed E-state index contributed by atoms with van der Waals surface area (Å²) in [7, 11) is 1.51. The normalized spacial score (nSPS) is 12.7. The maximum absolute atomic E-state index is 11.0. The van der Waals surface area contributed by atoms with Crippen LogP contribution in [-0.2, 0) is 4.74 Å². The van der Waals surface area contributed by atoms with Crippen LogP contribution in [0, 0.1) is 0 Å². The van der Waals surface area contributed by atoms with Gasteiger partial charge in [-0.05, 0) is 12.1 Å². The fraction of sp³-hybridized carbons (Fsp3) is 0.182. The Morgan fingerprint density at radius 3 is 3.00 bits per heavy atom. The van der Waals surface area contributed by atoms with Gasteiger partial charge in [-0.2, -0.15) is 5.21 Å². The summed E-state index contributed by atoms with van der Waals surface area (Å²) in [5.41, 5.74) is 1.12. The van der Waals surface area contributed by atoms with Gasteiger partial charge in [-0.25, -0.2) is 9.78 Å². The molecule has 2 N–H and O–H groups in total. The number of rotatable bonds is 4. The minimum Gasteiger partial charge on any atom is -0.476 e. The number of fused-ring (bicyclic) bond motifs is 1. The van der Waals surface area contributed by atoms with Gasteiger partial charge in [0.1, 0.15) is 5.65 Å². The van der Waals surface area contributed by atoms with Crippen molar-refractivity contribution in [1.29, 1.82) is 0 Å². The first-order valence-electron chi connectivity index (χ1n) is 5.68. The summed E-state index contributed by atoms with van der Waals surface area (Å²) in [6, 6.07) is 5.25. The lowest BCUT2D eigenvalue weighted by molar-refractivity contribution is 0.0691. The number of carboxylic acid groups (broad SMARTS) is 1. The van der Waals surface area contributed by atoms with Crippen LogP contribution < -0.4 is 0 Å². The van der Waals surface area contributed by atoms with E-state index in [9.17, 15) is 4.79 Å². The molecule has 0 aliphatic rings. The van der Waals surface area contributed by atoms with Crippen LogP contribution in [0.1, 0.15) is 28.1 Å². The standard InChI is InChI=1S/C11H10N6O3/c1-20-9(10-13-15-16-14-10)7-3-2-4-8-12-6(11(18)19)5-17(7)8/h2-5,9H,1H3,(H,18,19)(H,13,14,15,16). The molecule has 0 saturated carbocycles. The number of aromatic carboxylic acids is 1. The van der Waals surface area contributed by atoms with Crippen molar-refractivity contribution < 1.29 is 14.6 Å². The van der Waals surface area contributed by atoms with E-state index < -0.39 is 12.1 Å². The van der Waals surface area contributed by atoms with Crippen LogP contribution in [0.2, 0.25) is 0 Å². The summed E-state index contributed by atoms with van der Waals surface area (Å²) in [6.45, 7) is 0. The zero-order valence-corrected chi connectivity index (χ0v) is 10.4. The lowest BCUT2D eigenvalue weighted by atomic mass is 10.2. The van der Waals surface area contributed by atoms with Crippen LogP contribution in [0.15, 0.2) is 24.4 Å². The zero-order valence-electron chi connectivity index (χ0n) is 10.4. The number of nitrogens with one attached hydrogen (secondary N) is 1. The number of aromatic nitrogens is 6. The number of pyridine rings is 1. The Labute approximate surface area is 112 Å². The number of methoxy groups -OCH3 is 1. The van der Waals surface area contributed by atoms with Crippen LogP contribution in [0.4, 0.5) is 0 Å². The van der Waals surface area contributed by atoms with E-state index in [4.69, 9.17) is 9.84 Å². The molecular formula is C11H10N6O3. The molecule has 0 fully saturated rings. The number of hydrogen-bond acceptors (Lipinski definition) is 6. The summed E-state index contributed by atoms with van der Waals surface area (Å²) in [5.74, 6) is -0.737. The number of hydrogen-bond donors (Lipinski definition) is 2. The lowest BCUT2D eigenvalue weighted by Gasteiger charge is -2.13. The quantitative estimate of drug-likeness (QED) is 0.701. The SMILES string of the molecule is COC(c1nn[nH]n1)c1cccc2nc(C(=O)O)cn12. The van der Waals surface area contributed by atoms with Crippen LogP contribution in [0.5, 0.6) is 0 Å². The Morgan fingerprint density at radius 1 is 1.50 bits per heavy atom. The molecule has 0 aromatic carbocycles. The second kappa shape index (κ2) is 4.70. The number of H-pyrrole nitrogens is 1. The van der Waals surface area contributed by atoms with E-state index >= 15 is 0 Å². The van der Waals surface area contributed by atoms with Gasteiger partial charge in [0, 0.05) is 13.3 Å². The van der Waals surface area contributed by atoms with Gasteiger partial charge in [0.25, 0.3) is 0 Å². The highest BCUT2D eigenvalue weighted by Crippen LogP contribution is 2.23. The molecule has 9 nitrogen and oxygen atoms in total. The van der Waals surface area contributed by atoms with Gasteiger partial charge in [0.15, 0.2) is 11.8 Å². The second-order valence-electron chi connectivity index (χ2n) is 4.00. The van der Waals surface area contributed by atoms with E-state index in [0.717, 1.165) is 0 Å². The highest BCUT2D eigenvalue weighted by Gasteiger charge is 2.22. The Morgan fingerprint density at radius 2 is 2.35 bits per heavy atom. The fourth-order valence-corrected chi connectivity index (χ4v) is 1.99. The van der Waals surface area contributed by atoms with Gasteiger partial charge in [0.05, 0.1) is 5.69 Å². The topological polar surface area (TPSA) is 118 Å². The summed E-state index contributed by atoms with van der Waals surface area (Å²) in [6.07, 6.45) is 0.854. The van der Waals surface area contributed by atoms with Crippen molar-refractivity contribution in [3.63, 3.8) is 0 Å². The van der Waals surface area contributed by atoms with E-state index in [-0.39, 0.29) is 5.69 Å². The molecule has 20 heavy (non-hydrogen) atoms. The number of carbonyl (C=O) groups is 1. The summed E-state index contributed by atoms with van der Waals surface area (Å²) >= 11 is 0. The molecule has 0 spiro atoms. The lowest BCUT2D eigenvalue weighted by Crippen LogP contribution is -2.10. The van der Waals surface area contributed by atoms with Crippen molar-refractivity contribution in [3.05, 3.63) is 41.6 Å². The Bertz CT molecular complexity index is 751. The monoisotopic (exact) mass is 274 g/mol. The van der Waals surface area contributed by atoms with Crippen molar-refractivity contribution in [2.75, 3.05) is 7.11 Å². The Hall–Kier alpha value is -2.81. The van der Waals surface area contributed by atoms with Gasteiger partial charge in [-0.15, -0.1) is 10.2 Å². The van der Waals surface area contributed by atoms with Crippen LogP contribution >= 0.6 is 0 Å². The van der Waals surface area contributed by atoms with Crippen molar-refractivity contribution in [2.45, 2.75) is 6.10 Å². The molecule has 0 saturated heterocycles. The highest BCUT2D eigenvalue weighted by molar-refractivity contribution is 5.86. The second-order valence-corrected chi connectivity index (χ2v) is 4.00. The van der Waals surface area contributed by atoms with E-state index in [1.807, 2.05) is 0 Å². The molecule has 3 aromatic heterocycles. The van der Waals surface area contributed by atoms with Gasteiger partial charge in [-0.1, -0.05) is 11.3 Å². The largest absolute Gasteiger partial charge is 0.476 e. The molecule has 0 amide bonds. The number of nitrogens with zero attached hydrogens (tertiary/aromatic N) is 5. The van der Waals surface area contributed by atoms with E-state index in [0.29, 0.717) is 17.2 Å². The molecule has 9 heteroatoms. The zero-order chi connectivity index (χ0) is 14.1. The molecule has 3 rings (SSSR count). The highest BCUT2D eigenvalue weighted by atomic mass is 16.5. The summed E-state index contributed by atoms with van der Waals surface area (Å²) in [4.78, 5) is 15.0. The number of carboxylic acids is 1. The van der Waals surface area contributed by atoms with Crippen molar-refractivity contribution >= 4 is 11.6 Å². The summed E-state index contributed by atoms with van der Waals surface area (Å²) in [5, 5.41) is 22.6. The fourth-order valence-electron chi connectivity index (χ4n) is 1.99. The van der Waals surface area contributed by atoms with E-state index in [1.54, 1.807) is 22.6 Å². The first kappa shape index (κ1) is 12.2. The average molecular weight is 274 g/mol. The Kier molecular flexibility index (Phi) is 2.88. The predicted molar refractivity (Wildman–Crippen MR) is 65.2 cm³/mol. The molecule has 0 bridgehead atoms. The molecule has 0 aliphatic heterocycles. The molecule has 0 radical (unpaired) electrons. The third-order valence-corrected chi connectivity index (χ3v) is 2.84. The molecule has 0 aliphatic carbocycles. The third-order valence-electron chi connectivity index (χ3n) is 2.84. The smallest absolute Gasteiger partial charge is 0.356 e. The molecule has 102 valence electrons. The van der Waals surface area contributed by atoms with Crippen LogP contribution in [0.3, 0.4) is 0 Å². The van der Waals surface area contributed by atoms with Gasteiger partial charge < -0.3 is 14.2 Å². The number of imidazole rings is 1. The van der Waals surface area contributed by atoms with Crippen molar-refractivity contribution in [2.24, 2.45) is 0 Å². The molecule has 1 atom stereocenters. The molecule has 3 aromatic rings. The number of tetrazole rings is 1. The third kappa shape index (κ3) is 1.89. The van der Waals surface area contributed by atoms with Crippen LogP contribution in [0.25, 0.3) is 5.65 Å². The van der Waals surface area contributed by atoms with Gasteiger partial charge in [-0.3, -0.25) is 0 Å². The van der Waals surface area contributed by atoms with Gasteiger partial charge in [0.2, 0.25) is 5.82 Å². The van der Waals surface area contributed by atoms with Crippen molar-refractivity contribution in [1.82, 2.24) is 30.0 Å². The van der Waals surface area contributed by atoms with E-state index in [2.05, 4.69) is 25.6 Å². The average Bonchev–Trinajstić information content (AvgIpc) is 3.08. The first-order valence-corrected chi connectivity index (χ1v) is 5.68. The molecule has 1 unspecified atom stereocenters. The van der Waals surface area contributed by atoms with E-state index in [1.165, 1.54) is 13.3 Å². The molecular weight excluding hydrogens is 264 g/mol. The maximum Gasteiger partial charge on any atom is 0.356 e. The first-order chi connectivity index (χ1) is 9.70. The van der Waals surface area contributed by atoms with Gasteiger partial charge >= 0.3 is 5.97 Å². The predicted octanol–water partition coefficient (Wildman–Crippen LogP) is 0.281. The van der Waals surface area contributed by atoms with Crippen LogP contribution in [-0.4, -0.2) is 48.2 Å². The number of aromatic amines is 1.